The minimum Gasteiger partial charge on any atom is -0.502 e. The molecular formula is C26H32N2O2. The Hall–Kier alpha value is -2.88. The van der Waals surface area contributed by atoms with E-state index in [0.717, 1.165) is 49.0 Å². The molecule has 0 spiro atoms. The minimum absolute atomic E-state index is 0.314. The molecule has 0 aliphatic heterocycles. The summed E-state index contributed by atoms with van der Waals surface area (Å²) in [6, 6.07) is 8.23. The molecule has 1 aromatic carbocycles. The van der Waals surface area contributed by atoms with Crippen LogP contribution in [-0.2, 0) is 11.2 Å². The number of methoxy groups -OCH3 is 1. The van der Waals surface area contributed by atoms with Crippen molar-refractivity contribution in [1.29, 1.82) is 0 Å². The molecule has 0 saturated heterocycles. The van der Waals surface area contributed by atoms with Gasteiger partial charge in [-0.25, -0.2) is 0 Å². The van der Waals surface area contributed by atoms with E-state index in [-0.39, 0.29) is 0 Å². The van der Waals surface area contributed by atoms with Crippen LogP contribution in [0.2, 0.25) is 0 Å². The summed E-state index contributed by atoms with van der Waals surface area (Å²) in [6.45, 7) is 14.6. The van der Waals surface area contributed by atoms with Crippen molar-refractivity contribution in [2.24, 2.45) is 5.41 Å². The quantitative estimate of drug-likeness (QED) is 0.470. The summed E-state index contributed by atoms with van der Waals surface area (Å²) in [6.07, 6.45) is 8.92. The average molecular weight is 405 g/mol. The van der Waals surface area contributed by atoms with Crippen LogP contribution in [0, 0.1) is 5.41 Å². The molecule has 0 unspecified atom stereocenters. The zero-order valence-corrected chi connectivity index (χ0v) is 18.6. The van der Waals surface area contributed by atoms with Crippen molar-refractivity contribution < 1.29 is 9.26 Å². The maximum absolute atomic E-state index is 5.65. The molecule has 1 aromatic heterocycles. The third-order valence-electron chi connectivity index (χ3n) is 5.84. The highest BCUT2D eigenvalue weighted by molar-refractivity contribution is 5.76. The third-order valence-corrected chi connectivity index (χ3v) is 5.84. The van der Waals surface area contributed by atoms with Gasteiger partial charge < -0.3 is 9.26 Å². The van der Waals surface area contributed by atoms with E-state index < -0.39 is 0 Å². The van der Waals surface area contributed by atoms with Crippen molar-refractivity contribution in [2.75, 3.05) is 7.11 Å². The van der Waals surface area contributed by atoms with Crippen LogP contribution >= 0.6 is 0 Å². The van der Waals surface area contributed by atoms with Gasteiger partial charge in [-0.1, -0.05) is 68.6 Å². The smallest absolute Gasteiger partial charge is 0.258 e. The number of hydrogen-bond acceptors (Lipinski definition) is 4. The molecular weight excluding hydrogens is 372 g/mol. The normalized spacial score (nSPS) is 18.9. The van der Waals surface area contributed by atoms with E-state index in [1.54, 1.807) is 7.11 Å². The Labute approximate surface area is 180 Å². The molecule has 4 nitrogen and oxygen atoms in total. The summed E-state index contributed by atoms with van der Waals surface area (Å²) >= 11 is 0. The van der Waals surface area contributed by atoms with E-state index in [1.165, 1.54) is 16.7 Å². The SMILES string of the molecule is C=C/C(=C1/CCC(C)(C)C/C1=C/C)c1nc(-c2ccc(CCC(=C)OC)cc2)no1. The van der Waals surface area contributed by atoms with Gasteiger partial charge in [-0.15, -0.1) is 0 Å². The second-order valence-electron chi connectivity index (χ2n) is 8.61. The van der Waals surface area contributed by atoms with Crippen molar-refractivity contribution in [3.8, 4) is 11.4 Å². The van der Waals surface area contributed by atoms with E-state index in [1.807, 2.05) is 18.2 Å². The van der Waals surface area contributed by atoms with Crippen LogP contribution in [0.3, 0.4) is 0 Å². The van der Waals surface area contributed by atoms with Gasteiger partial charge in [-0.05, 0) is 54.7 Å². The lowest BCUT2D eigenvalue weighted by atomic mass is 9.71. The number of rotatable bonds is 7. The maximum Gasteiger partial charge on any atom is 0.258 e. The van der Waals surface area contributed by atoms with E-state index in [9.17, 15) is 0 Å². The van der Waals surface area contributed by atoms with Crippen LogP contribution < -0.4 is 0 Å². The second kappa shape index (κ2) is 9.29. The Kier molecular flexibility index (Phi) is 6.76. The van der Waals surface area contributed by atoms with Crippen LogP contribution in [0.1, 0.15) is 57.9 Å². The molecule has 0 N–H and O–H groups in total. The number of allylic oxidation sites excluding steroid dienone is 6. The fourth-order valence-electron chi connectivity index (χ4n) is 3.91. The molecule has 2 aromatic rings. The molecule has 0 bridgehead atoms. The molecule has 1 fully saturated rings. The lowest BCUT2D eigenvalue weighted by Crippen LogP contribution is -2.19. The Morgan fingerprint density at radius 3 is 2.63 bits per heavy atom. The van der Waals surface area contributed by atoms with Gasteiger partial charge in [0, 0.05) is 17.6 Å². The third kappa shape index (κ3) is 4.99. The molecule has 1 aliphatic carbocycles. The van der Waals surface area contributed by atoms with Crippen molar-refractivity contribution in [2.45, 2.75) is 52.9 Å². The summed E-state index contributed by atoms with van der Waals surface area (Å²) in [7, 11) is 1.65. The van der Waals surface area contributed by atoms with Crippen molar-refractivity contribution >= 4 is 5.57 Å². The highest BCUT2D eigenvalue weighted by Gasteiger charge is 2.29. The van der Waals surface area contributed by atoms with Crippen LogP contribution in [-0.4, -0.2) is 17.3 Å². The van der Waals surface area contributed by atoms with E-state index in [2.05, 4.69) is 62.3 Å². The van der Waals surface area contributed by atoms with Crippen molar-refractivity contribution in [3.05, 3.63) is 77.9 Å². The number of ether oxygens (including phenoxy) is 1. The first-order valence-electron chi connectivity index (χ1n) is 10.5. The van der Waals surface area contributed by atoms with Crippen molar-refractivity contribution in [3.63, 3.8) is 0 Å². The maximum atomic E-state index is 5.65. The summed E-state index contributed by atoms with van der Waals surface area (Å²) in [4.78, 5) is 4.68. The molecule has 4 heteroatoms. The first kappa shape index (κ1) is 21.8. The molecule has 1 heterocycles. The van der Waals surface area contributed by atoms with Gasteiger partial charge in [0.25, 0.3) is 5.89 Å². The second-order valence-corrected chi connectivity index (χ2v) is 8.61. The fraction of sp³-hybridized carbons (Fsp3) is 0.385. The van der Waals surface area contributed by atoms with Gasteiger partial charge in [-0.2, -0.15) is 4.98 Å². The molecule has 0 radical (unpaired) electrons. The highest BCUT2D eigenvalue weighted by Crippen LogP contribution is 2.44. The topological polar surface area (TPSA) is 48.2 Å². The van der Waals surface area contributed by atoms with Crippen LogP contribution in [0.25, 0.3) is 17.0 Å². The van der Waals surface area contributed by atoms with Gasteiger partial charge in [-0.3, -0.25) is 0 Å². The average Bonchev–Trinajstić information content (AvgIpc) is 3.23. The number of aromatic nitrogens is 2. The van der Waals surface area contributed by atoms with Gasteiger partial charge in [0.05, 0.1) is 12.9 Å². The van der Waals surface area contributed by atoms with Crippen LogP contribution in [0.5, 0.6) is 0 Å². The summed E-state index contributed by atoms with van der Waals surface area (Å²) in [5.41, 5.74) is 6.04. The van der Waals surface area contributed by atoms with E-state index in [4.69, 9.17) is 9.26 Å². The number of benzene rings is 1. The molecule has 0 atom stereocenters. The van der Waals surface area contributed by atoms with Gasteiger partial charge in [0.2, 0.25) is 5.82 Å². The lowest BCUT2D eigenvalue weighted by Gasteiger charge is -2.33. The van der Waals surface area contributed by atoms with E-state index >= 15 is 0 Å². The summed E-state index contributed by atoms with van der Waals surface area (Å²) < 4.78 is 10.8. The molecule has 1 saturated carbocycles. The first-order valence-corrected chi connectivity index (χ1v) is 10.5. The van der Waals surface area contributed by atoms with Gasteiger partial charge in [0.15, 0.2) is 0 Å². The van der Waals surface area contributed by atoms with Gasteiger partial charge >= 0.3 is 0 Å². The number of nitrogens with zero attached hydrogens (tertiary/aromatic N) is 2. The largest absolute Gasteiger partial charge is 0.502 e. The van der Waals surface area contributed by atoms with Gasteiger partial charge in [0.1, 0.15) is 0 Å². The zero-order valence-electron chi connectivity index (χ0n) is 18.6. The summed E-state index contributed by atoms with van der Waals surface area (Å²) in [5, 5.41) is 4.23. The standard InChI is InChI=1S/C26H32N2O2/c1-7-20-17-26(4,5)16-15-23(20)22(8-2)25-27-24(28-30-25)21-13-11-19(12-14-21)10-9-18(3)29-6/h7-8,11-14H,2-3,9-10,15-17H2,1,4-6H3/b20-7-,23-22+. The monoisotopic (exact) mass is 404 g/mol. The Bertz CT molecular complexity index is 975. The predicted octanol–water partition coefficient (Wildman–Crippen LogP) is 6.93. The summed E-state index contributed by atoms with van der Waals surface area (Å²) in [5.74, 6) is 1.92. The Balaban J connectivity index is 1.83. The number of aryl methyl sites for hydroxylation is 1. The zero-order chi connectivity index (χ0) is 21.7. The highest BCUT2D eigenvalue weighted by atomic mass is 16.5. The van der Waals surface area contributed by atoms with E-state index in [0.29, 0.717) is 17.1 Å². The molecule has 158 valence electrons. The van der Waals surface area contributed by atoms with Crippen LogP contribution in [0.15, 0.2) is 71.0 Å². The predicted molar refractivity (Wildman–Crippen MR) is 123 cm³/mol. The fourth-order valence-corrected chi connectivity index (χ4v) is 3.91. The lowest BCUT2D eigenvalue weighted by molar-refractivity contribution is 0.279. The Morgan fingerprint density at radius 1 is 1.27 bits per heavy atom. The number of hydrogen-bond donors (Lipinski definition) is 0. The first-order chi connectivity index (χ1) is 14.4. The Morgan fingerprint density at radius 2 is 2.00 bits per heavy atom. The minimum atomic E-state index is 0.314. The van der Waals surface area contributed by atoms with Crippen LogP contribution in [0.4, 0.5) is 0 Å². The molecule has 0 amide bonds. The molecule has 3 rings (SSSR count). The molecule has 1 aliphatic rings. The molecule has 30 heavy (non-hydrogen) atoms. The van der Waals surface area contributed by atoms with Crippen molar-refractivity contribution in [1.82, 2.24) is 10.1 Å².